The summed E-state index contributed by atoms with van der Waals surface area (Å²) in [5.41, 5.74) is 0.207. The van der Waals surface area contributed by atoms with Crippen LogP contribution in [0.5, 0.6) is 0 Å². The van der Waals surface area contributed by atoms with Gasteiger partial charge in [0, 0.05) is 37.0 Å². The number of halogens is 4. The third kappa shape index (κ3) is 4.33. The Kier molecular flexibility index (Phi) is 5.29. The largest absolute Gasteiger partial charge is 0.471 e. The van der Waals surface area contributed by atoms with E-state index in [-0.39, 0.29) is 24.9 Å². The molecule has 3 rings (SSSR count). The second-order valence-corrected chi connectivity index (χ2v) is 8.92. The van der Waals surface area contributed by atoms with Crippen molar-refractivity contribution in [3.8, 4) is 0 Å². The van der Waals surface area contributed by atoms with Crippen molar-refractivity contribution in [2.24, 2.45) is 11.3 Å². The highest BCUT2D eigenvalue weighted by Gasteiger charge is 2.55. The summed E-state index contributed by atoms with van der Waals surface area (Å²) < 4.78 is 52.8. The van der Waals surface area contributed by atoms with Crippen molar-refractivity contribution >= 4 is 12.0 Å². The van der Waals surface area contributed by atoms with Crippen LogP contribution in [0.4, 0.5) is 22.4 Å². The lowest BCUT2D eigenvalue weighted by Gasteiger charge is -2.54. The van der Waals surface area contributed by atoms with E-state index >= 15 is 0 Å². The Balaban J connectivity index is 1.80. The summed E-state index contributed by atoms with van der Waals surface area (Å²) in [6, 6.07) is 4.41. The molecular weight excluding hydrogens is 392 g/mol. The van der Waals surface area contributed by atoms with Gasteiger partial charge in [-0.2, -0.15) is 13.2 Å². The molecule has 0 spiro atoms. The monoisotopic (exact) mass is 416 g/mol. The van der Waals surface area contributed by atoms with Crippen LogP contribution in [0, 0.1) is 17.2 Å². The Morgan fingerprint density at radius 2 is 1.76 bits per heavy atom. The summed E-state index contributed by atoms with van der Waals surface area (Å²) in [6.45, 7) is 5.41. The van der Waals surface area contributed by atoms with Gasteiger partial charge in [-0.3, -0.25) is 4.79 Å². The lowest BCUT2D eigenvalue weighted by Crippen LogP contribution is -2.66. The van der Waals surface area contributed by atoms with Crippen LogP contribution in [0.3, 0.4) is 0 Å². The fourth-order valence-corrected chi connectivity index (χ4v) is 4.49. The molecule has 0 aromatic heterocycles. The third-order valence-electron chi connectivity index (χ3n) is 5.74. The molecule has 2 aliphatic rings. The van der Waals surface area contributed by atoms with Gasteiger partial charge in [0.25, 0.3) is 0 Å². The SMILES string of the molecule is CC(C)(C)C1C(CN(C(=O)C(F)(F)F)C2CC2c2ccc(F)cc2)CN1C(=O)O. The number of carbonyl (C=O) groups excluding carboxylic acids is 1. The number of alkyl halides is 3. The Morgan fingerprint density at radius 1 is 1.17 bits per heavy atom. The highest BCUT2D eigenvalue weighted by molar-refractivity contribution is 5.82. The number of nitrogens with zero attached hydrogens (tertiary/aromatic N) is 2. The first kappa shape index (κ1) is 21.4. The second-order valence-electron chi connectivity index (χ2n) is 8.92. The molecule has 1 aromatic rings. The fraction of sp³-hybridized carbons (Fsp3) is 0.600. The number of amides is 2. The van der Waals surface area contributed by atoms with Crippen LogP contribution in [0.2, 0.25) is 0 Å². The van der Waals surface area contributed by atoms with Gasteiger partial charge >= 0.3 is 18.2 Å². The van der Waals surface area contributed by atoms with Gasteiger partial charge in [-0.1, -0.05) is 32.9 Å². The minimum absolute atomic E-state index is 0.0901. The van der Waals surface area contributed by atoms with Crippen LogP contribution in [-0.2, 0) is 4.79 Å². The van der Waals surface area contributed by atoms with Crippen molar-refractivity contribution in [3.63, 3.8) is 0 Å². The van der Waals surface area contributed by atoms with E-state index in [2.05, 4.69) is 0 Å². The topological polar surface area (TPSA) is 60.9 Å². The van der Waals surface area contributed by atoms with Crippen LogP contribution in [0.25, 0.3) is 0 Å². The number of rotatable bonds is 4. The van der Waals surface area contributed by atoms with E-state index < -0.39 is 41.5 Å². The summed E-state index contributed by atoms with van der Waals surface area (Å²) >= 11 is 0. The van der Waals surface area contributed by atoms with Crippen LogP contribution < -0.4 is 0 Å². The van der Waals surface area contributed by atoms with Crippen molar-refractivity contribution < 1.29 is 32.3 Å². The average Bonchev–Trinajstić information content (AvgIpc) is 3.31. The molecule has 1 aliphatic carbocycles. The van der Waals surface area contributed by atoms with Crippen molar-refractivity contribution in [1.29, 1.82) is 0 Å². The zero-order valence-electron chi connectivity index (χ0n) is 16.4. The molecule has 4 atom stereocenters. The summed E-state index contributed by atoms with van der Waals surface area (Å²) in [6.07, 6.45) is -5.77. The maximum absolute atomic E-state index is 13.2. The zero-order chi connectivity index (χ0) is 21.7. The van der Waals surface area contributed by atoms with E-state index in [1.165, 1.54) is 29.2 Å². The molecule has 1 saturated heterocycles. The van der Waals surface area contributed by atoms with Gasteiger partial charge < -0.3 is 14.9 Å². The van der Waals surface area contributed by atoms with Crippen LogP contribution in [-0.4, -0.2) is 58.3 Å². The van der Waals surface area contributed by atoms with E-state index in [1.807, 2.05) is 20.8 Å². The van der Waals surface area contributed by atoms with E-state index in [1.54, 1.807) is 0 Å². The lowest BCUT2D eigenvalue weighted by molar-refractivity contribution is -0.188. The summed E-state index contributed by atoms with van der Waals surface area (Å²) in [5.74, 6) is -3.02. The quantitative estimate of drug-likeness (QED) is 0.752. The van der Waals surface area contributed by atoms with Gasteiger partial charge in [0.05, 0.1) is 0 Å². The highest BCUT2D eigenvalue weighted by atomic mass is 19.4. The molecule has 0 bridgehead atoms. The first-order valence-electron chi connectivity index (χ1n) is 9.43. The molecule has 1 saturated carbocycles. The number of likely N-dealkylation sites (tertiary alicyclic amines) is 1. The molecule has 1 heterocycles. The van der Waals surface area contributed by atoms with Crippen LogP contribution in [0.15, 0.2) is 24.3 Å². The predicted octanol–water partition coefficient (Wildman–Crippen LogP) is 4.10. The number of carbonyl (C=O) groups is 2. The third-order valence-corrected chi connectivity index (χ3v) is 5.74. The predicted molar refractivity (Wildman–Crippen MR) is 96.8 cm³/mol. The Morgan fingerprint density at radius 3 is 2.24 bits per heavy atom. The average molecular weight is 416 g/mol. The van der Waals surface area contributed by atoms with Gasteiger partial charge in [-0.15, -0.1) is 0 Å². The Labute approximate surface area is 166 Å². The fourth-order valence-electron chi connectivity index (χ4n) is 4.49. The molecule has 0 radical (unpaired) electrons. The maximum atomic E-state index is 13.2. The number of carboxylic acid groups (broad SMARTS) is 1. The molecule has 1 N–H and O–H groups in total. The molecule has 5 nitrogen and oxygen atoms in total. The molecule has 9 heteroatoms. The summed E-state index contributed by atoms with van der Waals surface area (Å²) in [5, 5.41) is 9.33. The Bertz CT molecular complexity index is 788. The lowest BCUT2D eigenvalue weighted by atomic mass is 9.72. The standard InChI is InChI=1S/C20H24F4N2O3/c1-19(2,3)16-12(10-26(16)18(28)29)9-25(17(27)20(22,23)24)15-8-14(15)11-4-6-13(21)7-5-11/h4-7,12,14-16H,8-10H2,1-3H3,(H,28,29). The van der Waals surface area contributed by atoms with Crippen LogP contribution in [0.1, 0.15) is 38.7 Å². The molecule has 2 fully saturated rings. The highest BCUT2D eigenvalue weighted by Crippen LogP contribution is 2.47. The van der Waals surface area contributed by atoms with E-state index in [0.717, 1.165) is 4.90 Å². The van der Waals surface area contributed by atoms with E-state index in [4.69, 9.17) is 0 Å². The molecule has 1 aliphatic heterocycles. The van der Waals surface area contributed by atoms with E-state index in [0.29, 0.717) is 12.0 Å². The second kappa shape index (κ2) is 7.18. The van der Waals surface area contributed by atoms with E-state index in [9.17, 15) is 32.3 Å². The summed E-state index contributed by atoms with van der Waals surface area (Å²) in [7, 11) is 0. The van der Waals surface area contributed by atoms with Crippen LogP contribution >= 0.6 is 0 Å². The normalized spacial score (nSPS) is 26.7. The van der Waals surface area contributed by atoms with Crippen molar-refractivity contribution in [3.05, 3.63) is 35.6 Å². The molecule has 1 aromatic carbocycles. The molecule has 4 unspecified atom stereocenters. The zero-order valence-corrected chi connectivity index (χ0v) is 16.4. The first-order chi connectivity index (χ1) is 13.3. The van der Waals surface area contributed by atoms with Crippen molar-refractivity contribution in [2.45, 2.75) is 51.4 Å². The van der Waals surface area contributed by atoms with Gasteiger partial charge in [-0.05, 0) is 29.5 Å². The minimum atomic E-state index is -5.01. The Hall–Kier alpha value is -2.32. The molecule has 29 heavy (non-hydrogen) atoms. The first-order valence-corrected chi connectivity index (χ1v) is 9.43. The van der Waals surface area contributed by atoms with Gasteiger partial charge in [-0.25, -0.2) is 9.18 Å². The number of hydrogen-bond acceptors (Lipinski definition) is 2. The number of hydrogen-bond donors (Lipinski definition) is 1. The molecule has 160 valence electrons. The summed E-state index contributed by atoms with van der Waals surface area (Å²) in [4.78, 5) is 25.6. The number of benzene rings is 1. The minimum Gasteiger partial charge on any atom is -0.465 e. The van der Waals surface area contributed by atoms with Crippen molar-refractivity contribution in [2.75, 3.05) is 13.1 Å². The van der Waals surface area contributed by atoms with Crippen molar-refractivity contribution in [1.82, 2.24) is 9.80 Å². The maximum Gasteiger partial charge on any atom is 0.471 e. The van der Waals surface area contributed by atoms with Gasteiger partial charge in [0.2, 0.25) is 0 Å². The molecule has 2 amide bonds. The smallest absolute Gasteiger partial charge is 0.465 e. The van der Waals surface area contributed by atoms with Gasteiger partial charge in [0.1, 0.15) is 5.82 Å². The molecular formula is C20H24F4N2O3. The van der Waals surface area contributed by atoms with Gasteiger partial charge in [0.15, 0.2) is 0 Å².